The van der Waals surface area contributed by atoms with Crippen LogP contribution < -0.4 is 9.47 Å². The molecule has 40 heavy (non-hydrogen) atoms. The van der Waals surface area contributed by atoms with Crippen LogP contribution in [0.25, 0.3) is 10.8 Å². The Hall–Kier alpha value is -3.14. The van der Waals surface area contributed by atoms with E-state index in [1.165, 1.54) is 89.9 Å². The van der Waals surface area contributed by atoms with Crippen molar-refractivity contribution in [3.8, 4) is 11.5 Å². The summed E-state index contributed by atoms with van der Waals surface area (Å²) in [6.45, 7) is 4.53. The van der Waals surface area contributed by atoms with Crippen molar-refractivity contribution in [3.05, 3.63) is 71.8 Å². The number of hydrogen-bond acceptors (Lipinski definition) is 4. The zero-order valence-corrected chi connectivity index (χ0v) is 24.7. The summed E-state index contributed by atoms with van der Waals surface area (Å²) < 4.78 is 11.4. The van der Waals surface area contributed by atoms with Crippen molar-refractivity contribution in [2.75, 3.05) is 6.61 Å². The number of rotatable bonds is 20. The topological polar surface area (TPSA) is 52.6 Å². The molecule has 0 radical (unpaired) electrons. The van der Waals surface area contributed by atoms with Crippen molar-refractivity contribution < 1.29 is 19.1 Å². The molecule has 0 aliphatic rings. The molecule has 216 valence electrons. The number of carbonyl (C=O) groups excluding carboxylic acids is 2. The van der Waals surface area contributed by atoms with Gasteiger partial charge in [-0.25, -0.2) is 4.79 Å². The van der Waals surface area contributed by atoms with E-state index in [-0.39, 0.29) is 5.78 Å². The monoisotopic (exact) mass is 544 g/mol. The lowest BCUT2D eigenvalue weighted by molar-refractivity contribution is 0.0734. The van der Waals surface area contributed by atoms with E-state index in [2.05, 4.69) is 6.92 Å². The molecule has 4 nitrogen and oxygen atoms in total. The van der Waals surface area contributed by atoms with E-state index in [4.69, 9.17) is 9.47 Å². The molecule has 3 aromatic carbocycles. The third-order valence-electron chi connectivity index (χ3n) is 7.54. The minimum Gasteiger partial charge on any atom is -0.494 e. The minimum absolute atomic E-state index is 0.0274. The Kier molecular flexibility index (Phi) is 14.3. The van der Waals surface area contributed by atoms with Gasteiger partial charge in [-0.15, -0.1) is 0 Å². The van der Waals surface area contributed by atoms with E-state index in [1.807, 2.05) is 36.4 Å². The highest BCUT2D eigenvalue weighted by Gasteiger charge is 2.10. The second kappa shape index (κ2) is 18.3. The molecule has 0 amide bonds. The first-order chi connectivity index (χ1) is 19.6. The standard InChI is InChI=1S/C36H48O4/c1-3-4-5-6-7-8-9-10-11-12-13-14-15-16-17-26-39-34-23-20-30(21-24-34)36(38)40-35-25-22-32-27-31(29(2)37)18-19-33(32)28-35/h18-25,27-28H,3-17,26H2,1-2H3. The van der Waals surface area contributed by atoms with Gasteiger partial charge in [0.25, 0.3) is 0 Å². The SMILES string of the molecule is CCCCCCCCCCCCCCCCCOc1ccc(C(=O)Oc2ccc3cc(C(C)=O)ccc3c2)cc1. The van der Waals surface area contributed by atoms with Crippen LogP contribution in [0.3, 0.4) is 0 Å². The third-order valence-corrected chi connectivity index (χ3v) is 7.54. The van der Waals surface area contributed by atoms with Crippen LogP contribution in [0.1, 0.15) is 131 Å². The smallest absolute Gasteiger partial charge is 0.343 e. The van der Waals surface area contributed by atoms with Crippen LogP contribution in [0.2, 0.25) is 0 Å². The van der Waals surface area contributed by atoms with Gasteiger partial charge in [0.2, 0.25) is 0 Å². The predicted octanol–water partition coefficient (Wildman–Crippen LogP) is 10.5. The van der Waals surface area contributed by atoms with Crippen molar-refractivity contribution in [2.45, 2.75) is 110 Å². The molecule has 0 unspecified atom stereocenters. The number of benzene rings is 3. The summed E-state index contributed by atoms with van der Waals surface area (Å²) in [7, 11) is 0. The maximum Gasteiger partial charge on any atom is 0.343 e. The molecular weight excluding hydrogens is 496 g/mol. The summed E-state index contributed by atoms with van der Waals surface area (Å²) in [6.07, 6.45) is 20.2. The zero-order valence-electron chi connectivity index (χ0n) is 24.7. The van der Waals surface area contributed by atoms with Gasteiger partial charge in [0.15, 0.2) is 5.78 Å². The van der Waals surface area contributed by atoms with Crippen LogP contribution in [-0.4, -0.2) is 18.4 Å². The lowest BCUT2D eigenvalue weighted by Crippen LogP contribution is -2.08. The molecule has 0 bridgehead atoms. The summed E-state index contributed by atoms with van der Waals surface area (Å²) in [5, 5.41) is 1.85. The molecule has 4 heteroatoms. The first-order valence-electron chi connectivity index (χ1n) is 15.6. The van der Waals surface area contributed by atoms with Crippen molar-refractivity contribution in [2.24, 2.45) is 0 Å². The van der Waals surface area contributed by atoms with Crippen molar-refractivity contribution in [1.82, 2.24) is 0 Å². The van der Waals surface area contributed by atoms with E-state index < -0.39 is 5.97 Å². The Morgan fingerprint density at radius 3 is 1.60 bits per heavy atom. The summed E-state index contributed by atoms with van der Waals surface area (Å²) in [6, 6.07) is 18.1. The van der Waals surface area contributed by atoms with Crippen LogP contribution in [0.4, 0.5) is 0 Å². The van der Waals surface area contributed by atoms with Gasteiger partial charge < -0.3 is 9.47 Å². The highest BCUT2D eigenvalue weighted by Crippen LogP contribution is 2.24. The average Bonchev–Trinajstić information content (AvgIpc) is 2.97. The molecule has 0 N–H and O–H groups in total. The third kappa shape index (κ3) is 11.5. The Bertz CT molecular complexity index is 1170. The lowest BCUT2D eigenvalue weighted by atomic mass is 10.0. The maximum atomic E-state index is 12.6. The second-order valence-corrected chi connectivity index (χ2v) is 11.0. The predicted molar refractivity (Wildman–Crippen MR) is 166 cm³/mol. The molecule has 0 atom stereocenters. The van der Waals surface area contributed by atoms with Gasteiger partial charge in [-0.1, -0.05) is 115 Å². The van der Waals surface area contributed by atoms with E-state index in [0.717, 1.165) is 22.9 Å². The van der Waals surface area contributed by atoms with Crippen LogP contribution in [0, 0.1) is 0 Å². The molecular formula is C36H48O4. The number of hydrogen-bond donors (Lipinski definition) is 0. The average molecular weight is 545 g/mol. The van der Waals surface area contributed by atoms with Crippen molar-refractivity contribution in [1.29, 1.82) is 0 Å². The molecule has 0 heterocycles. The summed E-state index contributed by atoms with van der Waals surface area (Å²) in [5.41, 5.74) is 1.14. The summed E-state index contributed by atoms with van der Waals surface area (Å²) in [4.78, 5) is 24.2. The highest BCUT2D eigenvalue weighted by molar-refractivity contribution is 5.99. The van der Waals surface area contributed by atoms with E-state index in [0.29, 0.717) is 23.5 Å². The molecule has 3 aromatic rings. The Labute approximate surface area is 241 Å². The number of fused-ring (bicyclic) bond motifs is 1. The van der Waals surface area contributed by atoms with Crippen LogP contribution >= 0.6 is 0 Å². The highest BCUT2D eigenvalue weighted by atomic mass is 16.5. The molecule has 0 saturated carbocycles. The molecule has 0 spiro atoms. The Balaban J connectivity index is 1.24. The molecule has 0 aliphatic heterocycles. The van der Waals surface area contributed by atoms with Gasteiger partial charge >= 0.3 is 5.97 Å². The fourth-order valence-corrected chi connectivity index (χ4v) is 5.02. The molecule has 0 saturated heterocycles. The van der Waals surface area contributed by atoms with Gasteiger partial charge in [0.1, 0.15) is 11.5 Å². The molecule has 3 rings (SSSR count). The molecule has 0 aliphatic carbocycles. The summed E-state index contributed by atoms with van der Waals surface area (Å²) in [5.74, 6) is 0.865. The normalized spacial score (nSPS) is 11.1. The van der Waals surface area contributed by atoms with E-state index in [1.54, 1.807) is 31.2 Å². The van der Waals surface area contributed by atoms with E-state index in [9.17, 15) is 9.59 Å². The van der Waals surface area contributed by atoms with E-state index >= 15 is 0 Å². The fourth-order valence-electron chi connectivity index (χ4n) is 5.02. The van der Waals surface area contributed by atoms with Gasteiger partial charge in [0.05, 0.1) is 12.2 Å². The van der Waals surface area contributed by atoms with Crippen molar-refractivity contribution in [3.63, 3.8) is 0 Å². The number of carbonyl (C=O) groups is 2. The van der Waals surface area contributed by atoms with Crippen molar-refractivity contribution >= 4 is 22.5 Å². The van der Waals surface area contributed by atoms with Crippen LogP contribution in [0.5, 0.6) is 11.5 Å². The number of Topliss-reactive ketones (excluding diaryl/α,β-unsaturated/α-hetero) is 1. The maximum absolute atomic E-state index is 12.6. The zero-order chi connectivity index (χ0) is 28.4. The quantitative estimate of drug-likeness (QED) is 0.0614. The number of ether oxygens (including phenoxy) is 2. The fraction of sp³-hybridized carbons (Fsp3) is 0.500. The van der Waals surface area contributed by atoms with Gasteiger partial charge in [-0.3, -0.25) is 4.79 Å². The van der Waals surface area contributed by atoms with Gasteiger partial charge in [-0.2, -0.15) is 0 Å². The van der Waals surface area contributed by atoms with Crippen LogP contribution in [-0.2, 0) is 0 Å². The van der Waals surface area contributed by atoms with Gasteiger partial charge in [0, 0.05) is 5.56 Å². The largest absolute Gasteiger partial charge is 0.494 e. The van der Waals surface area contributed by atoms with Gasteiger partial charge in [-0.05, 0) is 66.6 Å². The summed E-state index contributed by atoms with van der Waals surface area (Å²) >= 11 is 0. The first kappa shape index (κ1) is 31.4. The second-order valence-electron chi connectivity index (χ2n) is 11.0. The molecule has 0 fully saturated rings. The lowest BCUT2D eigenvalue weighted by Gasteiger charge is -2.09. The Morgan fingerprint density at radius 2 is 1.02 bits per heavy atom. The van der Waals surface area contributed by atoms with Crippen LogP contribution in [0.15, 0.2) is 60.7 Å². The first-order valence-corrected chi connectivity index (χ1v) is 15.6. The number of esters is 1. The minimum atomic E-state index is -0.409. The number of ketones is 1. The Morgan fingerprint density at radius 1 is 0.550 bits per heavy atom. The number of unbranched alkanes of at least 4 members (excludes halogenated alkanes) is 14. The molecule has 0 aromatic heterocycles.